The van der Waals surface area contributed by atoms with Gasteiger partial charge in [-0.05, 0) is 31.9 Å². The van der Waals surface area contributed by atoms with Gasteiger partial charge in [-0.25, -0.2) is 4.98 Å². The Bertz CT molecular complexity index is 560. The zero-order valence-corrected chi connectivity index (χ0v) is 16.9. The molecular formula is C17H27Cl3N4O. The molecule has 1 aromatic heterocycles. The lowest BCUT2D eigenvalue weighted by Gasteiger charge is -2.42. The Morgan fingerprint density at radius 1 is 1.24 bits per heavy atom. The minimum atomic E-state index is -0.357. The molecule has 8 heteroatoms. The first kappa shape index (κ1) is 22.3. The Kier molecular flexibility index (Phi) is 8.26. The molecule has 2 aliphatic rings. The van der Waals surface area contributed by atoms with Crippen molar-refractivity contribution in [3.05, 3.63) is 23.4 Å². The van der Waals surface area contributed by atoms with Crippen LogP contribution in [0.25, 0.3) is 0 Å². The average molecular weight is 410 g/mol. The zero-order valence-electron chi connectivity index (χ0n) is 14.5. The van der Waals surface area contributed by atoms with Crippen LogP contribution >= 0.6 is 36.4 Å². The van der Waals surface area contributed by atoms with Crippen molar-refractivity contribution in [2.75, 3.05) is 31.1 Å². The lowest BCUT2D eigenvalue weighted by atomic mass is 9.74. The van der Waals surface area contributed by atoms with Crippen molar-refractivity contribution in [3.8, 4) is 0 Å². The third kappa shape index (κ3) is 5.13. The highest BCUT2D eigenvalue weighted by molar-refractivity contribution is 6.30. The van der Waals surface area contributed by atoms with Crippen LogP contribution in [0.15, 0.2) is 18.3 Å². The SMILES string of the molecule is CC1(N)CCCCC1C(=O)N1CCN(c2ccc(Cl)cn2)CC1.Cl.Cl. The van der Waals surface area contributed by atoms with Gasteiger partial charge in [0.1, 0.15) is 5.82 Å². The Balaban J connectivity index is 0.00000156. The second-order valence-corrected chi connectivity index (χ2v) is 7.39. The Morgan fingerprint density at radius 2 is 1.92 bits per heavy atom. The lowest BCUT2D eigenvalue weighted by Crippen LogP contribution is -2.57. The van der Waals surface area contributed by atoms with Crippen LogP contribution in [0.4, 0.5) is 5.82 Å². The number of carbonyl (C=O) groups excluding carboxylic acids is 1. The van der Waals surface area contributed by atoms with E-state index in [1.807, 2.05) is 24.0 Å². The third-order valence-electron chi connectivity index (χ3n) is 5.18. The number of rotatable bonds is 2. The number of hydrogen-bond donors (Lipinski definition) is 1. The summed E-state index contributed by atoms with van der Waals surface area (Å²) < 4.78 is 0. The van der Waals surface area contributed by atoms with Crippen molar-refractivity contribution in [1.82, 2.24) is 9.88 Å². The molecule has 0 spiro atoms. The summed E-state index contributed by atoms with van der Waals surface area (Å²) in [6.45, 7) is 5.09. The van der Waals surface area contributed by atoms with Gasteiger partial charge in [0.05, 0.1) is 10.9 Å². The first-order valence-corrected chi connectivity index (χ1v) is 8.79. The van der Waals surface area contributed by atoms with Gasteiger partial charge in [0.15, 0.2) is 0 Å². The molecule has 2 atom stereocenters. The Labute approximate surface area is 167 Å². The van der Waals surface area contributed by atoms with Crippen molar-refractivity contribution in [2.24, 2.45) is 11.7 Å². The van der Waals surface area contributed by atoms with E-state index >= 15 is 0 Å². The average Bonchev–Trinajstić information content (AvgIpc) is 2.55. The molecule has 25 heavy (non-hydrogen) atoms. The molecular weight excluding hydrogens is 383 g/mol. The summed E-state index contributed by atoms with van der Waals surface area (Å²) in [4.78, 5) is 21.4. The van der Waals surface area contributed by atoms with Crippen LogP contribution < -0.4 is 10.6 Å². The maximum Gasteiger partial charge on any atom is 0.227 e. The second kappa shape index (κ2) is 9.26. The molecule has 1 saturated heterocycles. The predicted molar refractivity (Wildman–Crippen MR) is 107 cm³/mol. The molecule has 1 saturated carbocycles. The van der Waals surface area contributed by atoms with E-state index in [1.54, 1.807) is 6.20 Å². The fraction of sp³-hybridized carbons (Fsp3) is 0.647. The van der Waals surface area contributed by atoms with Gasteiger partial charge in [0, 0.05) is 37.9 Å². The summed E-state index contributed by atoms with van der Waals surface area (Å²) in [7, 11) is 0. The fourth-order valence-electron chi connectivity index (χ4n) is 3.70. The number of anilines is 1. The number of nitrogens with two attached hydrogens (primary N) is 1. The fourth-order valence-corrected chi connectivity index (χ4v) is 3.81. The molecule has 142 valence electrons. The number of hydrogen-bond acceptors (Lipinski definition) is 4. The van der Waals surface area contributed by atoms with E-state index in [0.717, 1.165) is 57.7 Å². The molecule has 2 heterocycles. The van der Waals surface area contributed by atoms with Crippen LogP contribution in [0.2, 0.25) is 5.02 Å². The minimum Gasteiger partial charge on any atom is -0.353 e. The van der Waals surface area contributed by atoms with Gasteiger partial charge < -0.3 is 15.5 Å². The minimum absolute atomic E-state index is 0. The van der Waals surface area contributed by atoms with Gasteiger partial charge in [0.2, 0.25) is 5.91 Å². The number of piperazine rings is 1. The smallest absolute Gasteiger partial charge is 0.227 e. The van der Waals surface area contributed by atoms with Gasteiger partial charge in [-0.15, -0.1) is 24.8 Å². The summed E-state index contributed by atoms with van der Waals surface area (Å²) in [5, 5.41) is 0.641. The van der Waals surface area contributed by atoms with E-state index in [1.165, 1.54) is 0 Å². The number of aromatic nitrogens is 1. The topological polar surface area (TPSA) is 62.5 Å². The molecule has 1 aromatic rings. The van der Waals surface area contributed by atoms with E-state index in [4.69, 9.17) is 17.3 Å². The number of carbonyl (C=O) groups is 1. The summed E-state index contributed by atoms with van der Waals surface area (Å²) in [5.74, 6) is 1.12. The molecule has 2 fully saturated rings. The highest BCUT2D eigenvalue weighted by atomic mass is 35.5. The highest BCUT2D eigenvalue weighted by Gasteiger charge is 2.40. The predicted octanol–water partition coefficient (Wildman–Crippen LogP) is 3.13. The molecule has 0 aromatic carbocycles. The van der Waals surface area contributed by atoms with Crippen LogP contribution in [0, 0.1) is 5.92 Å². The number of nitrogens with zero attached hydrogens (tertiary/aromatic N) is 3. The van der Waals surface area contributed by atoms with E-state index in [9.17, 15) is 4.79 Å². The monoisotopic (exact) mass is 408 g/mol. The summed E-state index contributed by atoms with van der Waals surface area (Å²) in [5.41, 5.74) is 6.02. The van der Waals surface area contributed by atoms with Crippen LogP contribution in [0.3, 0.4) is 0 Å². The van der Waals surface area contributed by atoms with Crippen LogP contribution in [-0.2, 0) is 4.79 Å². The van der Waals surface area contributed by atoms with Gasteiger partial charge in [-0.3, -0.25) is 4.79 Å². The quantitative estimate of drug-likeness (QED) is 0.815. The molecule has 1 aliphatic carbocycles. The van der Waals surface area contributed by atoms with Gasteiger partial charge in [-0.1, -0.05) is 24.4 Å². The van der Waals surface area contributed by atoms with E-state index < -0.39 is 0 Å². The maximum atomic E-state index is 12.9. The van der Waals surface area contributed by atoms with E-state index in [0.29, 0.717) is 5.02 Å². The summed E-state index contributed by atoms with van der Waals surface area (Å²) >= 11 is 5.88. The number of amides is 1. The van der Waals surface area contributed by atoms with E-state index in [2.05, 4.69) is 9.88 Å². The normalized spacial score (nSPS) is 26.4. The molecule has 1 aliphatic heterocycles. The Morgan fingerprint density at radius 3 is 2.48 bits per heavy atom. The molecule has 3 rings (SSSR count). The largest absolute Gasteiger partial charge is 0.353 e. The first-order valence-electron chi connectivity index (χ1n) is 8.41. The summed E-state index contributed by atoms with van der Waals surface area (Å²) in [6, 6.07) is 3.78. The zero-order chi connectivity index (χ0) is 16.4. The van der Waals surface area contributed by atoms with Crippen LogP contribution in [0.1, 0.15) is 32.6 Å². The van der Waals surface area contributed by atoms with Crippen molar-refractivity contribution in [1.29, 1.82) is 0 Å². The second-order valence-electron chi connectivity index (χ2n) is 6.95. The van der Waals surface area contributed by atoms with Gasteiger partial charge in [-0.2, -0.15) is 0 Å². The number of halogens is 3. The van der Waals surface area contributed by atoms with Crippen molar-refractivity contribution in [2.45, 2.75) is 38.1 Å². The van der Waals surface area contributed by atoms with Gasteiger partial charge >= 0.3 is 0 Å². The van der Waals surface area contributed by atoms with Crippen molar-refractivity contribution >= 4 is 48.1 Å². The molecule has 1 amide bonds. The molecule has 5 nitrogen and oxygen atoms in total. The number of pyridine rings is 1. The van der Waals surface area contributed by atoms with Crippen molar-refractivity contribution in [3.63, 3.8) is 0 Å². The first-order chi connectivity index (χ1) is 11.0. The molecule has 0 radical (unpaired) electrons. The highest BCUT2D eigenvalue weighted by Crippen LogP contribution is 2.33. The third-order valence-corrected chi connectivity index (χ3v) is 5.40. The van der Waals surface area contributed by atoms with Crippen molar-refractivity contribution < 1.29 is 4.79 Å². The van der Waals surface area contributed by atoms with E-state index in [-0.39, 0.29) is 42.2 Å². The molecule has 0 bridgehead atoms. The Hall–Kier alpha value is -0.750. The summed E-state index contributed by atoms with van der Waals surface area (Å²) in [6.07, 6.45) is 5.77. The lowest BCUT2D eigenvalue weighted by molar-refractivity contribution is -0.139. The standard InChI is InChI=1S/C17H25ClN4O.2ClH/c1-17(19)7-3-2-4-14(17)16(23)22-10-8-21(9-11-22)15-6-5-13(18)12-20-15;;/h5-6,12,14H,2-4,7-11,19H2,1H3;2*1H. The molecule has 2 unspecified atom stereocenters. The molecule has 2 N–H and O–H groups in total. The van der Waals surface area contributed by atoms with Crippen LogP contribution in [0.5, 0.6) is 0 Å². The van der Waals surface area contributed by atoms with Gasteiger partial charge in [0.25, 0.3) is 0 Å². The maximum absolute atomic E-state index is 12.9. The van der Waals surface area contributed by atoms with Crippen LogP contribution in [-0.4, -0.2) is 47.5 Å².